The number of rotatable bonds is 7. The van der Waals surface area contributed by atoms with Crippen LogP contribution in [0.5, 0.6) is 11.5 Å². The third-order valence-corrected chi connectivity index (χ3v) is 4.60. The van der Waals surface area contributed by atoms with E-state index >= 15 is 0 Å². The molecule has 2 aromatic rings. The number of hydrogen-bond acceptors (Lipinski definition) is 3. The van der Waals surface area contributed by atoms with Crippen molar-refractivity contribution < 1.29 is 13.6 Å². The van der Waals surface area contributed by atoms with Crippen molar-refractivity contribution in [1.29, 1.82) is 0 Å². The highest BCUT2D eigenvalue weighted by atomic mass is 31.2. The van der Waals surface area contributed by atoms with Crippen LogP contribution in [0, 0.1) is 0 Å². The zero-order valence-corrected chi connectivity index (χ0v) is 12.5. The van der Waals surface area contributed by atoms with Crippen molar-refractivity contribution in [3.63, 3.8) is 0 Å². The summed E-state index contributed by atoms with van der Waals surface area (Å²) in [5.74, 6) is 1.14. The van der Waals surface area contributed by atoms with Crippen LogP contribution in [0.25, 0.3) is 0 Å². The molecular formula is C16H19O3P. The zero-order valence-electron chi connectivity index (χ0n) is 11.6. The molecule has 2 rings (SSSR count). The summed E-state index contributed by atoms with van der Waals surface area (Å²) in [6.07, 6.45) is 2.16. The molecule has 0 saturated carbocycles. The Labute approximate surface area is 120 Å². The molecule has 0 unspecified atom stereocenters. The standard InChI is InChI=1S/C16H19O3P/c1-2-3-14-20(17,18-15-10-6-4-7-11-15)19-16-12-8-5-9-13-16/h4-13H,2-3,14H2,1H3. The van der Waals surface area contributed by atoms with Crippen molar-refractivity contribution in [2.75, 3.05) is 6.16 Å². The molecule has 0 atom stereocenters. The molecule has 0 heterocycles. The van der Waals surface area contributed by atoms with Gasteiger partial charge in [-0.15, -0.1) is 0 Å². The molecule has 3 nitrogen and oxygen atoms in total. The highest BCUT2D eigenvalue weighted by Gasteiger charge is 2.27. The van der Waals surface area contributed by atoms with Crippen molar-refractivity contribution in [2.24, 2.45) is 0 Å². The molecule has 4 heteroatoms. The lowest BCUT2D eigenvalue weighted by Gasteiger charge is -2.19. The summed E-state index contributed by atoms with van der Waals surface area (Å²) >= 11 is 0. The van der Waals surface area contributed by atoms with Crippen LogP contribution in [0.3, 0.4) is 0 Å². The van der Waals surface area contributed by atoms with Crippen LogP contribution in [-0.4, -0.2) is 6.16 Å². The maximum absolute atomic E-state index is 12.9. The fourth-order valence-corrected chi connectivity index (χ4v) is 3.55. The summed E-state index contributed by atoms with van der Waals surface area (Å²) in [6, 6.07) is 18.3. The van der Waals surface area contributed by atoms with E-state index in [4.69, 9.17) is 9.05 Å². The number of unbranched alkanes of at least 4 members (excludes halogenated alkanes) is 1. The fraction of sp³-hybridized carbons (Fsp3) is 0.250. The van der Waals surface area contributed by atoms with Crippen molar-refractivity contribution in [3.8, 4) is 11.5 Å². The third-order valence-electron chi connectivity index (χ3n) is 2.76. The largest absolute Gasteiger partial charge is 0.430 e. The van der Waals surface area contributed by atoms with Gasteiger partial charge in [0, 0.05) is 0 Å². The third kappa shape index (κ3) is 4.43. The second-order valence-electron chi connectivity index (χ2n) is 4.50. The predicted octanol–water partition coefficient (Wildman–Crippen LogP) is 5.14. The van der Waals surface area contributed by atoms with Gasteiger partial charge >= 0.3 is 7.60 Å². The van der Waals surface area contributed by atoms with Crippen LogP contribution >= 0.6 is 7.60 Å². The average Bonchev–Trinajstić information content (AvgIpc) is 2.47. The molecule has 0 spiro atoms. The highest BCUT2D eigenvalue weighted by molar-refractivity contribution is 7.54. The van der Waals surface area contributed by atoms with E-state index in [9.17, 15) is 4.57 Å². The highest BCUT2D eigenvalue weighted by Crippen LogP contribution is 2.49. The van der Waals surface area contributed by atoms with Crippen LogP contribution in [0.4, 0.5) is 0 Å². The van der Waals surface area contributed by atoms with E-state index in [-0.39, 0.29) is 0 Å². The molecule has 0 fully saturated rings. The van der Waals surface area contributed by atoms with E-state index in [2.05, 4.69) is 6.92 Å². The number of para-hydroxylation sites is 2. The van der Waals surface area contributed by atoms with Gasteiger partial charge < -0.3 is 9.05 Å². The van der Waals surface area contributed by atoms with E-state index < -0.39 is 7.60 Å². The van der Waals surface area contributed by atoms with E-state index in [0.29, 0.717) is 17.7 Å². The van der Waals surface area contributed by atoms with Crippen molar-refractivity contribution in [3.05, 3.63) is 60.7 Å². The first-order valence-electron chi connectivity index (χ1n) is 6.80. The topological polar surface area (TPSA) is 35.5 Å². The minimum atomic E-state index is -3.18. The number of benzene rings is 2. The summed E-state index contributed by atoms with van der Waals surface area (Å²) in [4.78, 5) is 0. The van der Waals surface area contributed by atoms with Gasteiger partial charge in [0.2, 0.25) is 0 Å². The van der Waals surface area contributed by atoms with E-state index in [1.54, 1.807) is 24.3 Å². The molecule has 0 aliphatic carbocycles. The van der Waals surface area contributed by atoms with E-state index in [1.165, 1.54) is 0 Å². The summed E-state index contributed by atoms with van der Waals surface area (Å²) in [6.45, 7) is 2.05. The maximum Gasteiger partial charge on any atom is 0.430 e. The smallest absolute Gasteiger partial charge is 0.416 e. The molecule has 0 N–H and O–H groups in total. The van der Waals surface area contributed by atoms with E-state index in [1.807, 2.05) is 36.4 Å². The molecule has 0 amide bonds. The van der Waals surface area contributed by atoms with Gasteiger partial charge in [0.1, 0.15) is 11.5 Å². The van der Waals surface area contributed by atoms with Crippen LogP contribution < -0.4 is 9.05 Å². The zero-order chi connectivity index (χ0) is 14.3. The molecule has 2 aromatic carbocycles. The Morgan fingerprint density at radius 2 is 1.30 bits per heavy atom. The Morgan fingerprint density at radius 1 is 0.850 bits per heavy atom. The molecule has 0 radical (unpaired) electrons. The van der Waals surface area contributed by atoms with Gasteiger partial charge in [0.05, 0.1) is 6.16 Å². The number of hydrogen-bond donors (Lipinski definition) is 0. The predicted molar refractivity (Wildman–Crippen MR) is 81.5 cm³/mol. The minimum Gasteiger partial charge on any atom is -0.416 e. The first-order chi connectivity index (χ1) is 9.72. The van der Waals surface area contributed by atoms with Gasteiger partial charge in [-0.2, -0.15) is 0 Å². The van der Waals surface area contributed by atoms with Gasteiger partial charge in [-0.05, 0) is 30.7 Å². The Bertz CT molecular complexity index is 509. The quantitative estimate of drug-likeness (QED) is 0.662. The molecule has 20 heavy (non-hydrogen) atoms. The van der Waals surface area contributed by atoms with Crippen molar-refractivity contribution in [1.82, 2.24) is 0 Å². The lowest BCUT2D eigenvalue weighted by atomic mass is 10.3. The Morgan fingerprint density at radius 3 is 1.70 bits per heavy atom. The molecule has 0 aromatic heterocycles. The van der Waals surface area contributed by atoms with Crippen LogP contribution in [-0.2, 0) is 4.57 Å². The lowest BCUT2D eigenvalue weighted by molar-refractivity contribution is 0.384. The monoisotopic (exact) mass is 290 g/mol. The normalized spacial score (nSPS) is 11.1. The Balaban J connectivity index is 2.15. The van der Waals surface area contributed by atoms with Crippen LogP contribution in [0.1, 0.15) is 19.8 Å². The summed E-state index contributed by atoms with van der Waals surface area (Å²) in [5, 5.41) is 0. The van der Waals surface area contributed by atoms with Gasteiger partial charge in [-0.25, -0.2) is 4.57 Å². The van der Waals surface area contributed by atoms with Gasteiger partial charge in [0.15, 0.2) is 0 Å². The second-order valence-corrected chi connectivity index (χ2v) is 6.53. The van der Waals surface area contributed by atoms with E-state index in [0.717, 1.165) is 12.8 Å². The summed E-state index contributed by atoms with van der Waals surface area (Å²) < 4.78 is 24.1. The molecule has 106 valence electrons. The Hall–Kier alpha value is -1.73. The van der Waals surface area contributed by atoms with Crippen LogP contribution in [0.2, 0.25) is 0 Å². The molecule has 0 bridgehead atoms. The van der Waals surface area contributed by atoms with Gasteiger partial charge in [0.25, 0.3) is 0 Å². The molecular weight excluding hydrogens is 271 g/mol. The summed E-state index contributed by atoms with van der Waals surface area (Å²) in [5.41, 5.74) is 0. The van der Waals surface area contributed by atoms with Gasteiger partial charge in [-0.3, -0.25) is 0 Å². The molecule has 0 saturated heterocycles. The first kappa shape index (κ1) is 14.7. The van der Waals surface area contributed by atoms with Crippen LogP contribution in [0.15, 0.2) is 60.7 Å². The van der Waals surface area contributed by atoms with Gasteiger partial charge in [-0.1, -0.05) is 49.7 Å². The first-order valence-corrected chi connectivity index (χ1v) is 8.53. The van der Waals surface area contributed by atoms with Crippen molar-refractivity contribution >= 4 is 7.60 Å². The fourth-order valence-electron chi connectivity index (χ4n) is 1.75. The summed E-state index contributed by atoms with van der Waals surface area (Å²) in [7, 11) is -3.18. The average molecular weight is 290 g/mol. The lowest BCUT2D eigenvalue weighted by Crippen LogP contribution is -2.05. The second kappa shape index (κ2) is 7.16. The minimum absolute atomic E-state index is 0.410. The Kier molecular flexibility index (Phi) is 5.25. The molecule has 0 aliphatic heterocycles. The SMILES string of the molecule is CCCCP(=O)(Oc1ccccc1)Oc1ccccc1. The maximum atomic E-state index is 12.9. The van der Waals surface area contributed by atoms with Crippen molar-refractivity contribution in [2.45, 2.75) is 19.8 Å². The molecule has 0 aliphatic rings.